The third-order valence-corrected chi connectivity index (χ3v) is 3.88. The van der Waals surface area contributed by atoms with E-state index < -0.39 is 11.9 Å². The standard InChI is InChI=1S/C20H18N4O2/c1-12(25)23-16-6-2-4-14(11-16)17-7-3-5-13-10-15(8-9-18(13)17)19(26)24-20(21)22/h2-11H,1H3,(H,23,25)(H4,21,22,24,26). The van der Waals surface area contributed by atoms with Gasteiger partial charge in [-0.1, -0.05) is 36.4 Å². The fraction of sp³-hybridized carbons (Fsp3) is 0.0500. The van der Waals surface area contributed by atoms with E-state index in [0.717, 1.165) is 27.6 Å². The smallest absolute Gasteiger partial charge is 0.257 e. The van der Waals surface area contributed by atoms with Gasteiger partial charge in [0.2, 0.25) is 5.91 Å². The molecule has 26 heavy (non-hydrogen) atoms. The highest BCUT2D eigenvalue weighted by molar-refractivity contribution is 6.07. The molecule has 0 unspecified atom stereocenters. The molecular weight excluding hydrogens is 328 g/mol. The number of benzene rings is 3. The predicted octanol–water partition coefficient (Wildman–Crippen LogP) is 3.09. The maximum atomic E-state index is 12.0. The molecule has 6 nitrogen and oxygen atoms in total. The monoisotopic (exact) mass is 346 g/mol. The summed E-state index contributed by atoms with van der Waals surface area (Å²) in [7, 11) is 0. The zero-order valence-electron chi connectivity index (χ0n) is 14.2. The molecule has 0 aliphatic heterocycles. The Bertz CT molecular complexity index is 1030. The van der Waals surface area contributed by atoms with Crippen molar-refractivity contribution in [3.05, 3.63) is 66.2 Å². The van der Waals surface area contributed by atoms with Gasteiger partial charge in [-0.15, -0.1) is 0 Å². The molecule has 130 valence electrons. The maximum absolute atomic E-state index is 12.0. The number of guanidine groups is 1. The summed E-state index contributed by atoms with van der Waals surface area (Å²) in [6.07, 6.45) is 0. The van der Waals surface area contributed by atoms with Crippen molar-refractivity contribution < 1.29 is 9.59 Å². The molecule has 6 heteroatoms. The molecule has 0 aromatic heterocycles. The van der Waals surface area contributed by atoms with E-state index >= 15 is 0 Å². The zero-order valence-corrected chi connectivity index (χ0v) is 14.2. The van der Waals surface area contributed by atoms with E-state index in [4.69, 9.17) is 11.1 Å². The lowest BCUT2D eigenvalue weighted by Gasteiger charge is -2.10. The molecule has 0 aliphatic rings. The van der Waals surface area contributed by atoms with Crippen LogP contribution < -0.4 is 16.4 Å². The molecule has 2 amide bonds. The molecule has 0 saturated carbocycles. The first-order valence-corrected chi connectivity index (χ1v) is 8.00. The Hall–Kier alpha value is -3.67. The van der Waals surface area contributed by atoms with Gasteiger partial charge in [-0.3, -0.25) is 20.3 Å². The summed E-state index contributed by atoms with van der Waals surface area (Å²) in [5.41, 5.74) is 8.32. The number of carbonyl (C=O) groups excluding carboxylic acids is 2. The molecule has 3 aromatic carbocycles. The highest BCUT2D eigenvalue weighted by Crippen LogP contribution is 2.30. The quantitative estimate of drug-likeness (QED) is 0.432. The van der Waals surface area contributed by atoms with Gasteiger partial charge in [0.25, 0.3) is 5.91 Å². The van der Waals surface area contributed by atoms with Crippen LogP contribution in [0.2, 0.25) is 0 Å². The third-order valence-electron chi connectivity index (χ3n) is 3.88. The van der Waals surface area contributed by atoms with Crippen molar-refractivity contribution >= 4 is 34.2 Å². The minimum absolute atomic E-state index is 0.124. The van der Waals surface area contributed by atoms with Crippen LogP contribution in [-0.4, -0.2) is 17.8 Å². The lowest BCUT2D eigenvalue weighted by atomic mass is 9.96. The van der Waals surface area contributed by atoms with E-state index in [0.29, 0.717) is 5.56 Å². The van der Waals surface area contributed by atoms with E-state index in [1.807, 2.05) is 48.5 Å². The Morgan fingerprint density at radius 3 is 2.50 bits per heavy atom. The second-order valence-electron chi connectivity index (χ2n) is 5.87. The van der Waals surface area contributed by atoms with Crippen molar-refractivity contribution in [3.8, 4) is 11.1 Å². The van der Waals surface area contributed by atoms with Gasteiger partial charge >= 0.3 is 0 Å². The molecule has 0 atom stereocenters. The SMILES string of the molecule is CC(=O)Nc1cccc(-c2cccc3cc(C(=O)NC(=N)N)ccc23)c1. The Kier molecular flexibility index (Phi) is 4.66. The second kappa shape index (κ2) is 7.06. The van der Waals surface area contributed by atoms with E-state index in [1.54, 1.807) is 12.1 Å². The number of nitrogens with two attached hydrogens (primary N) is 1. The molecule has 0 radical (unpaired) electrons. The van der Waals surface area contributed by atoms with Gasteiger partial charge in [-0.25, -0.2) is 0 Å². The molecule has 3 rings (SSSR count). The molecule has 0 fully saturated rings. The van der Waals surface area contributed by atoms with Gasteiger partial charge in [0, 0.05) is 18.2 Å². The van der Waals surface area contributed by atoms with E-state index in [1.165, 1.54) is 6.92 Å². The van der Waals surface area contributed by atoms with Gasteiger partial charge in [-0.2, -0.15) is 0 Å². The molecule has 0 saturated heterocycles. The number of carbonyl (C=O) groups is 2. The van der Waals surface area contributed by atoms with Crippen LogP contribution >= 0.6 is 0 Å². The van der Waals surface area contributed by atoms with Crippen LogP contribution in [0.25, 0.3) is 21.9 Å². The number of amides is 2. The summed E-state index contributed by atoms with van der Waals surface area (Å²) in [5.74, 6) is -0.933. The lowest BCUT2D eigenvalue weighted by molar-refractivity contribution is -0.114. The molecule has 5 N–H and O–H groups in total. The molecule has 0 bridgehead atoms. The van der Waals surface area contributed by atoms with Crippen molar-refractivity contribution in [1.82, 2.24) is 5.32 Å². The number of hydrogen-bond donors (Lipinski definition) is 4. The van der Waals surface area contributed by atoms with Gasteiger partial charge in [0.05, 0.1) is 0 Å². The molecule has 0 spiro atoms. The second-order valence-corrected chi connectivity index (χ2v) is 5.87. The fourth-order valence-corrected chi connectivity index (χ4v) is 2.84. The number of anilines is 1. The van der Waals surface area contributed by atoms with E-state index in [-0.39, 0.29) is 5.91 Å². The largest absolute Gasteiger partial charge is 0.370 e. The van der Waals surface area contributed by atoms with Crippen molar-refractivity contribution in [2.75, 3.05) is 5.32 Å². The number of hydrogen-bond acceptors (Lipinski definition) is 3. The highest BCUT2D eigenvalue weighted by atomic mass is 16.2. The van der Waals surface area contributed by atoms with Crippen LogP contribution in [-0.2, 0) is 4.79 Å². The zero-order chi connectivity index (χ0) is 18.7. The molecule has 0 heterocycles. The van der Waals surface area contributed by atoms with Gasteiger partial charge in [-0.05, 0) is 46.2 Å². The fourth-order valence-electron chi connectivity index (χ4n) is 2.84. The van der Waals surface area contributed by atoms with Crippen LogP contribution in [0, 0.1) is 5.41 Å². The van der Waals surface area contributed by atoms with E-state index in [2.05, 4.69) is 10.6 Å². The summed E-state index contributed by atoms with van der Waals surface area (Å²) >= 11 is 0. The Morgan fingerprint density at radius 1 is 1.00 bits per heavy atom. The molecule has 3 aromatic rings. The van der Waals surface area contributed by atoms with Crippen molar-refractivity contribution in [2.24, 2.45) is 5.73 Å². The summed E-state index contributed by atoms with van der Waals surface area (Å²) in [6.45, 7) is 1.47. The first kappa shape index (κ1) is 17.2. The average molecular weight is 346 g/mol. The van der Waals surface area contributed by atoms with Crippen LogP contribution in [0.1, 0.15) is 17.3 Å². The molecule has 0 aliphatic carbocycles. The first-order valence-electron chi connectivity index (χ1n) is 8.00. The van der Waals surface area contributed by atoms with Crippen LogP contribution in [0.15, 0.2) is 60.7 Å². The number of nitrogens with one attached hydrogen (secondary N) is 3. The van der Waals surface area contributed by atoms with Crippen LogP contribution in [0.4, 0.5) is 5.69 Å². The summed E-state index contributed by atoms with van der Waals surface area (Å²) in [4.78, 5) is 23.3. The van der Waals surface area contributed by atoms with Gasteiger partial charge < -0.3 is 11.1 Å². The highest BCUT2D eigenvalue weighted by Gasteiger charge is 2.10. The van der Waals surface area contributed by atoms with Gasteiger partial charge in [0.1, 0.15) is 0 Å². The topological polar surface area (TPSA) is 108 Å². The number of rotatable bonds is 3. The summed E-state index contributed by atoms with van der Waals surface area (Å²) in [6, 6.07) is 18.7. The average Bonchev–Trinajstić information content (AvgIpc) is 2.59. The van der Waals surface area contributed by atoms with Crippen molar-refractivity contribution in [3.63, 3.8) is 0 Å². The predicted molar refractivity (Wildman–Crippen MR) is 103 cm³/mol. The Balaban J connectivity index is 2.04. The number of fused-ring (bicyclic) bond motifs is 1. The lowest BCUT2D eigenvalue weighted by Crippen LogP contribution is -2.35. The third kappa shape index (κ3) is 3.70. The van der Waals surface area contributed by atoms with Gasteiger partial charge in [0.15, 0.2) is 5.96 Å². The Morgan fingerprint density at radius 2 is 1.77 bits per heavy atom. The van der Waals surface area contributed by atoms with Crippen molar-refractivity contribution in [1.29, 1.82) is 5.41 Å². The summed E-state index contributed by atoms with van der Waals surface area (Å²) < 4.78 is 0. The maximum Gasteiger partial charge on any atom is 0.257 e. The van der Waals surface area contributed by atoms with Crippen LogP contribution in [0.3, 0.4) is 0 Å². The van der Waals surface area contributed by atoms with Crippen molar-refractivity contribution in [2.45, 2.75) is 6.92 Å². The minimum Gasteiger partial charge on any atom is -0.370 e. The first-order chi connectivity index (χ1) is 12.4. The summed E-state index contributed by atoms with van der Waals surface area (Å²) in [5, 5.41) is 14.1. The van der Waals surface area contributed by atoms with E-state index in [9.17, 15) is 9.59 Å². The normalized spacial score (nSPS) is 10.3. The minimum atomic E-state index is -0.419. The Labute approximate surface area is 150 Å². The van der Waals surface area contributed by atoms with Crippen LogP contribution in [0.5, 0.6) is 0 Å². The molecular formula is C20H18N4O2.